The van der Waals surface area contributed by atoms with Crippen LogP contribution in [0.2, 0.25) is 5.02 Å². The highest BCUT2D eigenvalue weighted by atomic mass is 35.5. The van der Waals surface area contributed by atoms with Gasteiger partial charge in [-0.15, -0.1) is 0 Å². The van der Waals surface area contributed by atoms with Gasteiger partial charge in [0.15, 0.2) is 0 Å². The Morgan fingerprint density at radius 2 is 1.89 bits per heavy atom. The molecular weight excluding hydrogens is 265 g/mol. The number of phenols is 1. The Morgan fingerprint density at radius 1 is 1.16 bits per heavy atom. The van der Waals surface area contributed by atoms with E-state index in [4.69, 9.17) is 11.6 Å². The van der Waals surface area contributed by atoms with Crippen molar-refractivity contribution in [2.45, 2.75) is 13.5 Å². The van der Waals surface area contributed by atoms with E-state index in [1.165, 1.54) is 6.07 Å². The number of benzene rings is 2. The molecule has 1 N–H and O–H groups in total. The molecule has 0 amide bonds. The zero-order valence-electron chi connectivity index (χ0n) is 10.6. The van der Waals surface area contributed by atoms with E-state index < -0.39 is 0 Å². The van der Waals surface area contributed by atoms with E-state index in [0.717, 1.165) is 0 Å². The second-order valence-corrected chi connectivity index (χ2v) is 4.62. The van der Waals surface area contributed by atoms with Crippen LogP contribution in [0.15, 0.2) is 42.5 Å². The summed E-state index contributed by atoms with van der Waals surface area (Å²) in [5.74, 6) is -0.218. The van der Waals surface area contributed by atoms with Crippen LogP contribution < -0.4 is 4.90 Å². The largest absolute Gasteiger partial charge is 0.506 e. The zero-order chi connectivity index (χ0) is 13.8. The van der Waals surface area contributed by atoms with Crippen LogP contribution in [-0.2, 0) is 6.54 Å². The fourth-order valence-electron chi connectivity index (χ4n) is 1.97. The van der Waals surface area contributed by atoms with Crippen LogP contribution >= 0.6 is 11.6 Å². The summed E-state index contributed by atoms with van der Waals surface area (Å²) in [6.07, 6.45) is 0. The monoisotopic (exact) mass is 279 g/mol. The summed E-state index contributed by atoms with van der Waals surface area (Å²) in [7, 11) is 0. The molecule has 0 radical (unpaired) electrons. The van der Waals surface area contributed by atoms with Crippen LogP contribution in [0.3, 0.4) is 0 Å². The zero-order valence-corrected chi connectivity index (χ0v) is 11.4. The molecule has 0 atom stereocenters. The first kappa shape index (κ1) is 13.7. The third-order valence-electron chi connectivity index (χ3n) is 3.01. The number of hydrogen-bond acceptors (Lipinski definition) is 2. The first-order valence-electron chi connectivity index (χ1n) is 6.09. The molecule has 0 heterocycles. The lowest BCUT2D eigenvalue weighted by Crippen LogP contribution is -2.23. The van der Waals surface area contributed by atoms with Gasteiger partial charge < -0.3 is 10.0 Å². The van der Waals surface area contributed by atoms with Gasteiger partial charge in [0.25, 0.3) is 0 Å². The Morgan fingerprint density at radius 3 is 2.58 bits per heavy atom. The van der Waals surface area contributed by atoms with Gasteiger partial charge in [-0.1, -0.05) is 35.9 Å². The molecule has 0 bridgehead atoms. The molecule has 19 heavy (non-hydrogen) atoms. The molecule has 2 nitrogen and oxygen atoms in total. The van der Waals surface area contributed by atoms with Crippen molar-refractivity contribution >= 4 is 17.3 Å². The molecule has 0 saturated carbocycles. The summed E-state index contributed by atoms with van der Waals surface area (Å²) in [6, 6.07) is 11.8. The minimum Gasteiger partial charge on any atom is -0.506 e. The molecule has 0 spiro atoms. The van der Waals surface area contributed by atoms with E-state index in [2.05, 4.69) is 0 Å². The van der Waals surface area contributed by atoms with Crippen molar-refractivity contribution in [3.8, 4) is 5.75 Å². The summed E-state index contributed by atoms with van der Waals surface area (Å²) in [6.45, 7) is 2.98. The molecule has 0 saturated heterocycles. The highest BCUT2D eigenvalue weighted by Crippen LogP contribution is 2.29. The van der Waals surface area contributed by atoms with E-state index in [-0.39, 0.29) is 11.6 Å². The van der Waals surface area contributed by atoms with Crippen LogP contribution in [0.25, 0.3) is 0 Å². The fourth-order valence-corrected chi connectivity index (χ4v) is 2.16. The van der Waals surface area contributed by atoms with Crippen molar-refractivity contribution < 1.29 is 9.50 Å². The van der Waals surface area contributed by atoms with Gasteiger partial charge in [0.2, 0.25) is 0 Å². The Hall–Kier alpha value is -1.74. The van der Waals surface area contributed by atoms with Gasteiger partial charge in [0.1, 0.15) is 11.6 Å². The van der Waals surface area contributed by atoms with E-state index >= 15 is 0 Å². The standard InChI is InChI=1S/C15H15ClFNO/c1-2-18(14-9-4-3-8-13(14)17)10-11-6-5-7-12(16)15(11)19/h3-9,19H,2,10H2,1H3. The van der Waals surface area contributed by atoms with Crippen molar-refractivity contribution in [3.05, 3.63) is 58.9 Å². The minimum absolute atomic E-state index is 0.0546. The number of aromatic hydroxyl groups is 1. The van der Waals surface area contributed by atoms with Gasteiger partial charge in [0, 0.05) is 18.7 Å². The lowest BCUT2D eigenvalue weighted by atomic mass is 10.1. The van der Waals surface area contributed by atoms with Crippen LogP contribution in [0.1, 0.15) is 12.5 Å². The fraction of sp³-hybridized carbons (Fsp3) is 0.200. The summed E-state index contributed by atoms with van der Waals surface area (Å²) >= 11 is 5.88. The molecule has 2 aromatic carbocycles. The van der Waals surface area contributed by atoms with Crippen LogP contribution in [0.5, 0.6) is 5.75 Å². The third kappa shape index (κ3) is 2.99. The number of halogens is 2. The molecule has 0 aliphatic heterocycles. The molecule has 2 aromatic rings. The van der Waals surface area contributed by atoms with Crippen molar-refractivity contribution in [1.29, 1.82) is 0 Å². The second kappa shape index (κ2) is 5.93. The maximum atomic E-state index is 13.8. The Labute approximate surface area is 117 Å². The van der Waals surface area contributed by atoms with Gasteiger partial charge in [0.05, 0.1) is 10.7 Å². The predicted molar refractivity (Wildman–Crippen MR) is 76.2 cm³/mol. The SMILES string of the molecule is CCN(Cc1cccc(Cl)c1O)c1ccccc1F. The molecular formula is C15H15ClFNO. The van der Waals surface area contributed by atoms with E-state index in [1.807, 2.05) is 11.8 Å². The van der Waals surface area contributed by atoms with E-state index in [0.29, 0.717) is 29.4 Å². The maximum absolute atomic E-state index is 13.8. The number of phenolic OH excluding ortho intramolecular Hbond substituents is 1. The molecule has 0 unspecified atom stereocenters. The summed E-state index contributed by atoms with van der Waals surface area (Å²) in [4.78, 5) is 1.85. The summed E-state index contributed by atoms with van der Waals surface area (Å²) in [5, 5.41) is 10.2. The van der Waals surface area contributed by atoms with Gasteiger partial charge in [-0.3, -0.25) is 0 Å². The molecule has 0 aliphatic rings. The normalized spacial score (nSPS) is 10.5. The number of para-hydroxylation sites is 2. The van der Waals surface area contributed by atoms with E-state index in [9.17, 15) is 9.50 Å². The van der Waals surface area contributed by atoms with Gasteiger partial charge >= 0.3 is 0 Å². The van der Waals surface area contributed by atoms with Crippen LogP contribution in [0, 0.1) is 5.82 Å². The summed E-state index contributed by atoms with van der Waals surface area (Å²) < 4.78 is 13.8. The number of anilines is 1. The third-order valence-corrected chi connectivity index (χ3v) is 3.31. The lowest BCUT2D eigenvalue weighted by molar-refractivity contribution is 0.467. The van der Waals surface area contributed by atoms with E-state index in [1.54, 1.807) is 36.4 Å². The van der Waals surface area contributed by atoms with Crippen LogP contribution in [0.4, 0.5) is 10.1 Å². The minimum atomic E-state index is -0.272. The average molecular weight is 280 g/mol. The molecule has 0 aliphatic carbocycles. The Kier molecular flexibility index (Phi) is 4.27. The Balaban J connectivity index is 2.30. The second-order valence-electron chi connectivity index (χ2n) is 4.21. The summed E-state index contributed by atoms with van der Waals surface area (Å²) in [5.41, 5.74) is 1.20. The molecule has 100 valence electrons. The van der Waals surface area contributed by atoms with Crippen LogP contribution in [-0.4, -0.2) is 11.7 Å². The topological polar surface area (TPSA) is 23.5 Å². The van der Waals surface area contributed by atoms with Gasteiger partial charge in [-0.05, 0) is 25.1 Å². The first-order chi connectivity index (χ1) is 9.13. The van der Waals surface area contributed by atoms with Crippen molar-refractivity contribution in [3.63, 3.8) is 0 Å². The lowest BCUT2D eigenvalue weighted by Gasteiger charge is -2.24. The van der Waals surface area contributed by atoms with Gasteiger partial charge in [-0.25, -0.2) is 4.39 Å². The predicted octanol–water partition coefficient (Wildman–Crippen LogP) is 4.21. The molecule has 0 fully saturated rings. The molecule has 2 rings (SSSR count). The van der Waals surface area contributed by atoms with Crippen molar-refractivity contribution in [2.24, 2.45) is 0 Å². The molecule has 4 heteroatoms. The van der Waals surface area contributed by atoms with Crippen molar-refractivity contribution in [1.82, 2.24) is 0 Å². The van der Waals surface area contributed by atoms with Gasteiger partial charge in [-0.2, -0.15) is 0 Å². The first-order valence-corrected chi connectivity index (χ1v) is 6.47. The molecule has 0 aromatic heterocycles. The smallest absolute Gasteiger partial charge is 0.146 e. The Bertz CT molecular complexity index is 574. The maximum Gasteiger partial charge on any atom is 0.146 e. The number of rotatable bonds is 4. The quantitative estimate of drug-likeness (QED) is 0.906. The number of nitrogens with zero attached hydrogens (tertiary/aromatic N) is 1. The highest BCUT2D eigenvalue weighted by Gasteiger charge is 2.13. The highest BCUT2D eigenvalue weighted by molar-refractivity contribution is 6.32. The average Bonchev–Trinajstić information content (AvgIpc) is 2.41. The van der Waals surface area contributed by atoms with Crippen molar-refractivity contribution in [2.75, 3.05) is 11.4 Å². The number of hydrogen-bond donors (Lipinski definition) is 1.